The van der Waals surface area contributed by atoms with Crippen molar-refractivity contribution in [2.45, 2.75) is 13.3 Å². The van der Waals surface area contributed by atoms with Gasteiger partial charge in [-0.1, -0.05) is 37.9 Å². The van der Waals surface area contributed by atoms with E-state index in [1.807, 2.05) is 37.3 Å². The fourth-order valence-corrected chi connectivity index (χ4v) is 2.97. The molecule has 0 aliphatic rings. The van der Waals surface area contributed by atoms with Gasteiger partial charge in [0.1, 0.15) is 0 Å². The minimum Gasteiger partial charge on any atom is -0.294 e. The van der Waals surface area contributed by atoms with Gasteiger partial charge in [0.2, 0.25) is 0 Å². The number of carbonyl (C=O) groups is 1. The number of Topliss-reactive ketones (excluding diaryl/α,β-unsaturated/α-hetero) is 1. The van der Waals surface area contributed by atoms with Gasteiger partial charge in [0.05, 0.1) is 12.1 Å². The lowest BCUT2D eigenvalue weighted by molar-refractivity contribution is 0.0991. The van der Waals surface area contributed by atoms with Gasteiger partial charge < -0.3 is 0 Å². The zero-order valence-electron chi connectivity index (χ0n) is 9.78. The largest absolute Gasteiger partial charge is 0.294 e. The molecule has 0 aliphatic heterocycles. The van der Waals surface area contributed by atoms with Gasteiger partial charge in [0.25, 0.3) is 0 Å². The molecule has 4 heteroatoms. The first-order valence-electron chi connectivity index (χ1n) is 5.46. The smallest absolute Gasteiger partial charge is 0.168 e. The highest BCUT2D eigenvalue weighted by atomic mass is 79.9. The standard InChI is InChI=1S/C14H11Br2NO/c1-9-3-2-4-17-13(9)8-14(18)10-5-11(15)7-12(16)6-10/h2-7H,8H2,1H3. The number of halogens is 2. The molecule has 1 heterocycles. The van der Waals surface area contributed by atoms with Crippen LogP contribution in [-0.4, -0.2) is 10.8 Å². The molecule has 0 unspecified atom stereocenters. The molecule has 2 rings (SSSR count). The zero-order chi connectivity index (χ0) is 13.1. The quantitative estimate of drug-likeness (QED) is 0.754. The van der Waals surface area contributed by atoms with Crippen LogP contribution in [0.4, 0.5) is 0 Å². The van der Waals surface area contributed by atoms with Gasteiger partial charge in [-0.3, -0.25) is 9.78 Å². The van der Waals surface area contributed by atoms with Crippen LogP contribution in [-0.2, 0) is 6.42 Å². The summed E-state index contributed by atoms with van der Waals surface area (Å²) in [5, 5.41) is 0. The third-order valence-corrected chi connectivity index (χ3v) is 3.55. The highest BCUT2D eigenvalue weighted by Gasteiger charge is 2.11. The molecule has 0 saturated carbocycles. The molecule has 0 fully saturated rings. The number of ketones is 1. The number of nitrogens with zero attached hydrogens (tertiary/aromatic N) is 1. The number of hydrogen-bond donors (Lipinski definition) is 0. The molecule has 92 valence electrons. The van der Waals surface area contributed by atoms with E-state index in [-0.39, 0.29) is 5.78 Å². The second kappa shape index (κ2) is 5.76. The van der Waals surface area contributed by atoms with Crippen LogP contribution in [0.2, 0.25) is 0 Å². The monoisotopic (exact) mass is 367 g/mol. The van der Waals surface area contributed by atoms with E-state index in [0.717, 1.165) is 20.2 Å². The summed E-state index contributed by atoms with van der Waals surface area (Å²) in [5.41, 5.74) is 2.56. The van der Waals surface area contributed by atoms with Crippen molar-refractivity contribution >= 4 is 37.6 Å². The van der Waals surface area contributed by atoms with E-state index in [1.54, 1.807) is 6.20 Å². The summed E-state index contributed by atoms with van der Waals surface area (Å²) in [6, 6.07) is 9.39. The van der Waals surface area contributed by atoms with E-state index < -0.39 is 0 Å². The number of hydrogen-bond acceptors (Lipinski definition) is 2. The third-order valence-electron chi connectivity index (χ3n) is 2.63. The third kappa shape index (κ3) is 3.27. The maximum absolute atomic E-state index is 12.2. The normalized spacial score (nSPS) is 10.4. The lowest BCUT2D eigenvalue weighted by Crippen LogP contribution is -2.06. The second-order valence-corrected chi connectivity index (χ2v) is 5.86. The van der Waals surface area contributed by atoms with E-state index in [0.29, 0.717) is 12.0 Å². The average Bonchev–Trinajstić information content (AvgIpc) is 2.31. The van der Waals surface area contributed by atoms with Gasteiger partial charge in [0, 0.05) is 20.7 Å². The Kier molecular flexibility index (Phi) is 4.30. The molecular formula is C14H11Br2NO. The molecule has 0 saturated heterocycles. The number of pyridine rings is 1. The van der Waals surface area contributed by atoms with Gasteiger partial charge in [-0.05, 0) is 36.8 Å². The van der Waals surface area contributed by atoms with Crippen molar-refractivity contribution in [3.8, 4) is 0 Å². The Labute approximate surface area is 123 Å². The number of aromatic nitrogens is 1. The summed E-state index contributed by atoms with van der Waals surface area (Å²) in [6.45, 7) is 1.96. The maximum atomic E-state index is 12.2. The highest BCUT2D eigenvalue weighted by Crippen LogP contribution is 2.21. The minimum atomic E-state index is 0.0683. The zero-order valence-corrected chi connectivity index (χ0v) is 13.0. The molecule has 0 atom stereocenters. The average molecular weight is 369 g/mol. The molecular weight excluding hydrogens is 358 g/mol. The molecule has 0 bridgehead atoms. The van der Waals surface area contributed by atoms with Gasteiger partial charge in [-0.25, -0.2) is 0 Å². The summed E-state index contributed by atoms with van der Waals surface area (Å²) in [4.78, 5) is 16.4. The predicted octanol–water partition coefficient (Wildman–Crippen LogP) is 4.34. The molecule has 18 heavy (non-hydrogen) atoms. The van der Waals surface area contributed by atoms with Gasteiger partial charge in [-0.15, -0.1) is 0 Å². The van der Waals surface area contributed by atoms with E-state index in [1.165, 1.54) is 0 Å². The number of rotatable bonds is 3. The summed E-state index contributed by atoms with van der Waals surface area (Å²) in [7, 11) is 0. The molecule has 0 aliphatic carbocycles. The Morgan fingerprint density at radius 2 is 1.89 bits per heavy atom. The molecule has 2 aromatic rings. The van der Waals surface area contributed by atoms with Gasteiger partial charge in [0.15, 0.2) is 5.78 Å². The molecule has 0 amide bonds. The van der Waals surface area contributed by atoms with Crippen molar-refractivity contribution in [1.29, 1.82) is 0 Å². The van der Waals surface area contributed by atoms with Crippen LogP contribution in [0.5, 0.6) is 0 Å². The van der Waals surface area contributed by atoms with Gasteiger partial charge >= 0.3 is 0 Å². The minimum absolute atomic E-state index is 0.0683. The molecule has 0 radical (unpaired) electrons. The van der Waals surface area contributed by atoms with Gasteiger partial charge in [-0.2, -0.15) is 0 Å². The first-order chi connectivity index (χ1) is 8.56. The Hall–Kier alpha value is -1.000. The predicted molar refractivity (Wildman–Crippen MR) is 78.9 cm³/mol. The maximum Gasteiger partial charge on any atom is 0.168 e. The summed E-state index contributed by atoms with van der Waals surface area (Å²) >= 11 is 6.77. The second-order valence-electron chi connectivity index (χ2n) is 4.03. The van der Waals surface area contributed by atoms with Crippen molar-refractivity contribution in [3.05, 3.63) is 62.3 Å². The summed E-state index contributed by atoms with van der Waals surface area (Å²) in [5.74, 6) is 0.0683. The summed E-state index contributed by atoms with van der Waals surface area (Å²) < 4.78 is 1.77. The van der Waals surface area contributed by atoms with E-state index in [4.69, 9.17) is 0 Å². The van der Waals surface area contributed by atoms with Crippen LogP contribution < -0.4 is 0 Å². The number of carbonyl (C=O) groups excluding carboxylic acids is 1. The molecule has 1 aromatic heterocycles. The number of benzene rings is 1. The topological polar surface area (TPSA) is 30.0 Å². The van der Waals surface area contributed by atoms with Crippen molar-refractivity contribution in [2.24, 2.45) is 0 Å². The van der Waals surface area contributed by atoms with Crippen molar-refractivity contribution in [3.63, 3.8) is 0 Å². The van der Waals surface area contributed by atoms with Crippen molar-refractivity contribution in [1.82, 2.24) is 4.98 Å². The van der Waals surface area contributed by atoms with Crippen LogP contribution >= 0.6 is 31.9 Å². The van der Waals surface area contributed by atoms with Crippen molar-refractivity contribution in [2.75, 3.05) is 0 Å². The van der Waals surface area contributed by atoms with Crippen molar-refractivity contribution < 1.29 is 4.79 Å². The Morgan fingerprint density at radius 1 is 1.22 bits per heavy atom. The fraction of sp³-hybridized carbons (Fsp3) is 0.143. The Balaban J connectivity index is 2.25. The van der Waals surface area contributed by atoms with E-state index in [2.05, 4.69) is 36.8 Å². The first kappa shape index (κ1) is 13.4. The molecule has 2 nitrogen and oxygen atoms in total. The van der Waals surface area contributed by atoms with Crippen LogP contribution in [0.3, 0.4) is 0 Å². The van der Waals surface area contributed by atoms with Crippen LogP contribution in [0.15, 0.2) is 45.5 Å². The highest BCUT2D eigenvalue weighted by molar-refractivity contribution is 9.11. The van der Waals surface area contributed by atoms with Crippen LogP contribution in [0.25, 0.3) is 0 Å². The van der Waals surface area contributed by atoms with E-state index >= 15 is 0 Å². The lowest BCUT2D eigenvalue weighted by atomic mass is 10.0. The van der Waals surface area contributed by atoms with Crippen LogP contribution in [0, 0.1) is 6.92 Å². The molecule has 0 spiro atoms. The van der Waals surface area contributed by atoms with Crippen LogP contribution in [0.1, 0.15) is 21.6 Å². The van der Waals surface area contributed by atoms with E-state index in [9.17, 15) is 4.79 Å². The SMILES string of the molecule is Cc1cccnc1CC(=O)c1cc(Br)cc(Br)c1. The Bertz CT molecular complexity index is 576. The Morgan fingerprint density at radius 3 is 2.50 bits per heavy atom. The fourth-order valence-electron chi connectivity index (χ4n) is 1.67. The summed E-state index contributed by atoms with van der Waals surface area (Å²) in [6.07, 6.45) is 2.04. The first-order valence-corrected chi connectivity index (χ1v) is 7.04. The number of aryl methyl sites for hydroxylation is 1. The lowest BCUT2D eigenvalue weighted by Gasteiger charge is -2.05. The molecule has 1 aromatic carbocycles. The molecule has 0 N–H and O–H groups in total.